The molecule has 1 amide bonds. The summed E-state index contributed by atoms with van der Waals surface area (Å²) in [6.45, 7) is 13.6. The fourth-order valence-corrected chi connectivity index (χ4v) is 5.38. The van der Waals surface area contributed by atoms with Gasteiger partial charge in [0.05, 0.1) is 23.2 Å². The van der Waals surface area contributed by atoms with Crippen molar-refractivity contribution in [2.45, 2.75) is 78.1 Å². The minimum Gasteiger partial charge on any atom is -0.487 e. The molecule has 2 aromatic carbocycles. The van der Waals surface area contributed by atoms with Crippen LogP contribution in [0.2, 0.25) is 5.02 Å². The number of hydrogen-bond acceptors (Lipinski definition) is 7. The Kier molecular flexibility index (Phi) is 8.83. The molecule has 0 radical (unpaired) electrons. The molecule has 42 heavy (non-hydrogen) atoms. The molecule has 3 aromatic rings. The third kappa shape index (κ3) is 7.01. The molecular weight excluding hydrogens is 560 g/mol. The molecule has 1 aliphatic heterocycles. The molecular formula is C32H39ClN2O7. The van der Waals surface area contributed by atoms with Gasteiger partial charge in [-0.05, 0) is 83.9 Å². The van der Waals surface area contributed by atoms with Crippen LogP contribution >= 0.6 is 11.6 Å². The Morgan fingerprint density at radius 1 is 0.929 bits per heavy atom. The molecule has 0 saturated carbocycles. The Bertz CT molecular complexity index is 1480. The van der Waals surface area contributed by atoms with Gasteiger partial charge in [0.25, 0.3) is 0 Å². The first kappa shape index (κ1) is 31.2. The molecule has 2 atom stereocenters. The lowest BCUT2D eigenvalue weighted by Crippen LogP contribution is -2.48. The van der Waals surface area contributed by atoms with Crippen molar-refractivity contribution in [2.75, 3.05) is 20.2 Å². The van der Waals surface area contributed by atoms with Gasteiger partial charge in [-0.25, -0.2) is 14.4 Å². The topological polar surface area (TPSA) is 96.3 Å². The van der Waals surface area contributed by atoms with Gasteiger partial charge in [0, 0.05) is 37.0 Å². The van der Waals surface area contributed by atoms with E-state index in [9.17, 15) is 14.4 Å². The number of aromatic nitrogens is 1. The van der Waals surface area contributed by atoms with E-state index in [1.807, 2.05) is 60.6 Å². The number of methoxy groups -OCH3 is 1. The summed E-state index contributed by atoms with van der Waals surface area (Å²) in [5, 5.41) is 1.09. The SMILES string of the molecule is COC(=O)c1ccc([C@@H]2CN(C(=O)OC(C)(C)C)CC[C@H]2Oc2c(Cl)cc(C)c3c2ccn3C(=O)OC(C)(C)C)cc1. The number of likely N-dealkylation sites (tertiary alicyclic amines) is 1. The average Bonchev–Trinajstić information content (AvgIpc) is 3.35. The summed E-state index contributed by atoms with van der Waals surface area (Å²) < 4.78 is 24.2. The van der Waals surface area contributed by atoms with Gasteiger partial charge in [-0.1, -0.05) is 23.7 Å². The molecule has 1 aromatic heterocycles. The van der Waals surface area contributed by atoms with Crippen molar-refractivity contribution in [1.82, 2.24) is 9.47 Å². The summed E-state index contributed by atoms with van der Waals surface area (Å²) in [5.41, 5.74) is 1.45. The van der Waals surface area contributed by atoms with Crippen molar-refractivity contribution < 1.29 is 33.3 Å². The van der Waals surface area contributed by atoms with Crippen molar-refractivity contribution in [3.8, 4) is 5.75 Å². The number of benzene rings is 2. The highest BCUT2D eigenvalue weighted by molar-refractivity contribution is 6.33. The zero-order valence-corrected chi connectivity index (χ0v) is 26.2. The number of fused-ring (bicyclic) bond motifs is 1. The van der Waals surface area contributed by atoms with Gasteiger partial charge >= 0.3 is 18.2 Å². The van der Waals surface area contributed by atoms with Gasteiger partial charge in [0.15, 0.2) is 0 Å². The summed E-state index contributed by atoms with van der Waals surface area (Å²) >= 11 is 6.75. The Morgan fingerprint density at radius 2 is 1.55 bits per heavy atom. The van der Waals surface area contributed by atoms with Crippen LogP contribution in [0.15, 0.2) is 42.6 Å². The van der Waals surface area contributed by atoms with Crippen LogP contribution in [0.4, 0.5) is 9.59 Å². The second kappa shape index (κ2) is 11.9. The molecule has 0 unspecified atom stereocenters. The highest BCUT2D eigenvalue weighted by Crippen LogP contribution is 2.40. The number of piperidine rings is 1. The van der Waals surface area contributed by atoms with E-state index in [-0.39, 0.29) is 12.0 Å². The largest absolute Gasteiger partial charge is 0.487 e. The van der Waals surface area contributed by atoms with E-state index in [0.29, 0.717) is 46.7 Å². The van der Waals surface area contributed by atoms with E-state index in [0.717, 1.165) is 11.1 Å². The molecule has 226 valence electrons. The lowest BCUT2D eigenvalue weighted by molar-refractivity contribution is 0.00785. The lowest BCUT2D eigenvalue weighted by atomic mass is 9.87. The molecule has 4 rings (SSSR count). The van der Waals surface area contributed by atoms with Crippen LogP contribution < -0.4 is 4.74 Å². The molecule has 1 saturated heterocycles. The van der Waals surface area contributed by atoms with Crippen LogP contribution in [-0.2, 0) is 14.2 Å². The second-order valence-corrected chi connectivity index (χ2v) is 12.9. The van der Waals surface area contributed by atoms with E-state index < -0.39 is 29.4 Å². The van der Waals surface area contributed by atoms with Crippen molar-refractivity contribution in [3.63, 3.8) is 0 Å². The zero-order chi connectivity index (χ0) is 31.0. The van der Waals surface area contributed by atoms with Gasteiger partial charge in [-0.3, -0.25) is 4.57 Å². The summed E-state index contributed by atoms with van der Waals surface area (Å²) in [6, 6.07) is 10.7. The Hall–Kier alpha value is -3.72. The minimum atomic E-state index is -0.661. The number of halogens is 1. The van der Waals surface area contributed by atoms with Gasteiger partial charge in [0.1, 0.15) is 23.1 Å². The van der Waals surface area contributed by atoms with Gasteiger partial charge in [0.2, 0.25) is 0 Å². The van der Waals surface area contributed by atoms with E-state index >= 15 is 0 Å². The number of carbonyl (C=O) groups excluding carboxylic acids is 3. The van der Waals surface area contributed by atoms with Crippen LogP contribution in [0, 0.1) is 6.92 Å². The van der Waals surface area contributed by atoms with Crippen LogP contribution in [0.3, 0.4) is 0 Å². The number of rotatable bonds is 4. The van der Waals surface area contributed by atoms with E-state index in [2.05, 4.69) is 0 Å². The number of amides is 1. The monoisotopic (exact) mass is 598 g/mol. The molecule has 1 aliphatic rings. The Morgan fingerprint density at radius 3 is 2.14 bits per heavy atom. The third-order valence-electron chi connectivity index (χ3n) is 6.89. The summed E-state index contributed by atoms with van der Waals surface area (Å²) in [6.07, 6.45) is 0.885. The van der Waals surface area contributed by atoms with Crippen molar-refractivity contribution in [1.29, 1.82) is 0 Å². The molecule has 0 N–H and O–H groups in total. The first-order valence-corrected chi connectivity index (χ1v) is 14.3. The van der Waals surface area contributed by atoms with Gasteiger partial charge in [-0.2, -0.15) is 0 Å². The molecule has 0 bridgehead atoms. The van der Waals surface area contributed by atoms with E-state index in [1.165, 1.54) is 11.7 Å². The maximum absolute atomic E-state index is 13.0. The predicted octanol–water partition coefficient (Wildman–Crippen LogP) is 7.34. The van der Waals surface area contributed by atoms with E-state index in [4.69, 9.17) is 30.5 Å². The van der Waals surface area contributed by atoms with Crippen LogP contribution in [-0.4, -0.2) is 65.1 Å². The van der Waals surface area contributed by atoms with Gasteiger partial charge < -0.3 is 23.8 Å². The highest BCUT2D eigenvalue weighted by atomic mass is 35.5. The number of carbonyl (C=O) groups is 3. The Labute approximate surface area is 251 Å². The van der Waals surface area contributed by atoms with E-state index in [1.54, 1.807) is 35.4 Å². The van der Waals surface area contributed by atoms with Crippen LogP contribution in [0.5, 0.6) is 5.75 Å². The number of hydrogen-bond donors (Lipinski definition) is 0. The number of aryl methyl sites for hydroxylation is 1. The Balaban J connectivity index is 1.70. The standard InChI is InChI=1S/C32H39ClN2O7/c1-19-17-24(33)27(22-13-16-35(26(19)22)30(38)42-32(5,6)7)40-25-14-15-34(29(37)41-31(2,3)4)18-23(25)20-9-11-21(12-10-20)28(36)39-8/h9-13,16-17,23,25H,14-15,18H2,1-8H3/t23-,25+/m0/s1. The number of ether oxygens (including phenoxy) is 4. The molecule has 2 heterocycles. The fourth-order valence-electron chi connectivity index (χ4n) is 5.07. The van der Waals surface area contributed by atoms with Crippen LogP contribution in [0.1, 0.15) is 75.4 Å². The first-order valence-electron chi connectivity index (χ1n) is 13.9. The lowest BCUT2D eigenvalue weighted by Gasteiger charge is -2.39. The van der Waals surface area contributed by atoms with Gasteiger partial charge in [-0.15, -0.1) is 0 Å². The normalized spacial score (nSPS) is 17.6. The summed E-state index contributed by atoms with van der Waals surface area (Å²) in [5.74, 6) is -0.249. The molecule has 9 nitrogen and oxygen atoms in total. The first-order chi connectivity index (χ1) is 19.6. The predicted molar refractivity (Wildman–Crippen MR) is 161 cm³/mol. The molecule has 1 fully saturated rings. The van der Waals surface area contributed by atoms with Crippen molar-refractivity contribution in [3.05, 3.63) is 64.3 Å². The molecule has 0 spiro atoms. The van der Waals surface area contributed by atoms with Crippen molar-refractivity contribution >= 4 is 40.7 Å². The smallest absolute Gasteiger partial charge is 0.419 e. The van der Waals surface area contributed by atoms with Crippen LogP contribution in [0.25, 0.3) is 10.9 Å². The molecule has 0 aliphatic carbocycles. The summed E-state index contributed by atoms with van der Waals surface area (Å²) in [4.78, 5) is 39.7. The molecule has 10 heteroatoms. The zero-order valence-electron chi connectivity index (χ0n) is 25.4. The third-order valence-corrected chi connectivity index (χ3v) is 7.17. The maximum Gasteiger partial charge on any atom is 0.419 e. The second-order valence-electron chi connectivity index (χ2n) is 12.5. The number of nitrogens with zero attached hydrogens (tertiary/aromatic N) is 2. The summed E-state index contributed by atoms with van der Waals surface area (Å²) in [7, 11) is 1.34. The minimum absolute atomic E-state index is 0.265. The average molecular weight is 599 g/mol. The van der Waals surface area contributed by atoms with Crippen molar-refractivity contribution in [2.24, 2.45) is 0 Å². The maximum atomic E-state index is 13.0. The fraction of sp³-hybridized carbons (Fsp3) is 0.469. The highest BCUT2D eigenvalue weighted by Gasteiger charge is 2.37. The number of esters is 1. The quantitative estimate of drug-likeness (QED) is 0.229.